The van der Waals surface area contributed by atoms with Gasteiger partial charge < -0.3 is 4.90 Å². The molecule has 0 saturated carbocycles. The second-order valence-corrected chi connectivity index (χ2v) is 7.45. The monoisotopic (exact) mass is 378 g/mol. The van der Waals surface area contributed by atoms with E-state index in [-0.39, 0.29) is 11.9 Å². The maximum Gasteiger partial charge on any atom is 0.224 e. The number of hydrogen-bond acceptors (Lipinski definition) is 4. The van der Waals surface area contributed by atoms with Crippen LogP contribution in [0.3, 0.4) is 0 Å². The molecule has 0 aromatic carbocycles. The van der Waals surface area contributed by atoms with E-state index in [2.05, 4.69) is 34.1 Å². The zero-order valence-corrected chi connectivity index (χ0v) is 16.6. The van der Waals surface area contributed by atoms with Crippen LogP contribution < -0.4 is 0 Å². The van der Waals surface area contributed by atoms with Crippen LogP contribution in [0.1, 0.15) is 47.9 Å². The Kier molecular flexibility index (Phi) is 4.98. The van der Waals surface area contributed by atoms with E-state index in [1.807, 2.05) is 34.8 Å². The number of nitrogens with one attached hydrogen (secondary N) is 1. The highest BCUT2D eigenvalue weighted by Crippen LogP contribution is 2.36. The fourth-order valence-corrected chi connectivity index (χ4v) is 4.03. The largest absolute Gasteiger partial charge is 0.334 e. The number of hydrogen-bond donors (Lipinski definition) is 1. The van der Waals surface area contributed by atoms with Gasteiger partial charge in [0.05, 0.1) is 23.6 Å². The molecule has 4 rings (SSSR count). The average molecular weight is 378 g/mol. The van der Waals surface area contributed by atoms with Crippen molar-refractivity contribution in [3.63, 3.8) is 0 Å². The predicted molar refractivity (Wildman–Crippen MR) is 107 cm³/mol. The molecule has 28 heavy (non-hydrogen) atoms. The third-order valence-electron chi connectivity index (χ3n) is 5.85. The smallest absolute Gasteiger partial charge is 0.224 e. The van der Waals surface area contributed by atoms with Gasteiger partial charge in [0.15, 0.2) is 0 Å². The highest BCUT2D eigenvalue weighted by Gasteiger charge is 2.32. The van der Waals surface area contributed by atoms with Gasteiger partial charge in [0.25, 0.3) is 0 Å². The number of aryl methyl sites for hydroxylation is 2. The SMILES string of the molecule is Cc1nn(CCC(=O)N2CCC[C@H]2c2[nH]ncc2-c2ccncc2)c(C)c1C. The van der Waals surface area contributed by atoms with Crippen LogP contribution in [0.4, 0.5) is 0 Å². The summed E-state index contributed by atoms with van der Waals surface area (Å²) in [5, 5.41) is 12.0. The van der Waals surface area contributed by atoms with Crippen molar-refractivity contribution >= 4 is 5.91 Å². The number of amides is 1. The van der Waals surface area contributed by atoms with E-state index < -0.39 is 0 Å². The molecule has 0 aliphatic carbocycles. The maximum absolute atomic E-state index is 13.0. The molecule has 0 unspecified atom stereocenters. The summed E-state index contributed by atoms with van der Waals surface area (Å²) in [6, 6.07) is 3.99. The van der Waals surface area contributed by atoms with E-state index >= 15 is 0 Å². The highest BCUT2D eigenvalue weighted by atomic mass is 16.2. The van der Waals surface area contributed by atoms with Gasteiger partial charge in [-0.05, 0) is 56.9 Å². The summed E-state index contributed by atoms with van der Waals surface area (Å²) in [5.74, 6) is 0.169. The van der Waals surface area contributed by atoms with E-state index in [4.69, 9.17) is 0 Å². The summed E-state index contributed by atoms with van der Waals surface area (Å²) < 4.78 is 1.95. The van der Waals surface area contributed by atoms with Crippen molar-refractivity contribution in [1.29, 1.82) is 0 Å². The lowest BCUT2D eigenvalue weighted by Gasteiger charge is -2.25. The lowest BCUT2D eigenvalue weighted by atomic mass is 10.0. The van der Waals surface area contributed by atoms with Crippen LogP contribution in [0, 0.1) is 20.8 Å². The summed E-state index contributed by atoms with van der Waals surface area (Å²) in [4.78, 5) is 19.1. The quantitative estimate of drug-likeness (QED) is 0.738. The molecular formula is C21H26N6O. The number of likely N-dealkylation sites (tertiary alicyclic amines) is 1. The number of aromatic nitrogens is 5. The Morgan fingerprint density at radius 2 is 2.04 bits per heavy atom. The molecule has 0 bridgehead atoms. The number of pyridine rings is 1. The van der Waals surface area contributed by atoms with Gasteiger partial charge in [-0.2, -0.15) is 10.2 Å². The first-order valence-electron chi connectivity index (χ1n) is 9.80. The minimum absolute atomic E-state index is 0.0420. The van der Waals surface area contributed by atoms with E-state index in [9.17, 15) is 4.79 Å². The van der Waals surface area contributed by atoms with Crippen molar-refractivity contribution < 1.29 is 4.79 Å². The van der Waals surface area contributed by atoms with Crippen LogP contribution in [0.25, 0.3) is 11.1 Å². The van der Waals surface area contributed by atoms with E-state index in [0.29, 0.717) is 13.0 Å². The molecule has 0 radical (unpaired) electrons. The standard InChI is InChI=1S/C21H26N6O/c1-14-15(2)25-27(16(14)3)12-8-20(28)26-11-4-5-19(26)21-18(13-23-24-21)17-6-9-22-10-7-17/h6-7,9-10,13,19H,4-5,8,11-12H2,1-3H3,(H,23,24)/t19-/m0/s1. The van der Waals surface area contributed by atoms with Gasteiger partial charge in [-0.3, -0.25) is 19.6 Å². The van der Waals surface area contributed by atoms with E-state index in [1.54, 1.807) is 12.4 Å². The molecule has 7 nitrogen and oxygen atoms in total. The molecule has 1 atom stereocenters. The van der Waals surface area contributed by atoms with Crippen LogP contribution in [0.5, 0.6) is 0 Å². The van der Waals surface area contributed by atoms with Gasteiger partial charge >= 0.3 is 0 Å². The van der Waals surface area contributed by atoms with Crippen LogP contribution in [0.15, 0.2) is 30.7 Å². The van der Waals surface area contributed by atoms with Crippen molar-refractivity contribution in [3.05, 3.63) is 53.4 Å². The van der Waals surface area contributed by atoms with Gasteiger partial charge in [0, 0.05) is 43.2 Å². The Morgan fingerprint density at radius 1 is 1.25 bits per heavy atom. The maximum atomic E-state index is 13.0. The van der Waals surface area contributed by atoms with Crippen LogP contribution in [0.2, 0.25) is 0 Å². The molecule has 3 aromatic rings. The minimum Gasteiger partial charge on any atom is -0.334 e. The van der Waals surface area contributed by atoms with Crippen molar-refractivity contribution in [3.8, 4) is 11.1 Å². The number of aromatic amines is 1. The zero-order valence-electron chi connectivity index (χ0n) is 16.6. The first kappa shape index (κ1) is 18.4. The lowest BCUT2D eigenvalue weighted by molar-refractivity contribution is -0.132. The Bertz CT molecular complexity index is 974. The molecule has 1 aliphatic heterocycles. The van der Waals surface area contributed by atoms with Gasteiger partial charge in [-0.15, -0.1) is 0 Å². The second-order valence-electron chi connectivity index (χ2n) is 7.45. The summed E-state index contributed by atoms with van der Waals surface area (Å²) in [6.45, 7) is 7.54. The predicted octanol–water partition coefficient (Wildman–Crippen LogP) is 3.35. The molecule has 4 heterocycles. The van der Waals surface area contributed by atoms with Gasteiger partial charge in [-0.1, -0.05) is 0 Å². The molecule has 1 saturated heterocycles. The lowest BCUT2D eigenvalue weighted by Crippen LogP contribution is -2.31. The van der Waals surface area contributed by atoms with Crippen LogP contribution in [-0.2, 0) is 11.3 Å². The molecule has 1 amide bonds. The Hall–Kier alpha value is -2.96. The number of carbonyl (C=O) groups is 1. The van der Waals surface area contributed by atoms with Crippen molar-refractivity contribution in [2.24, 2.45) is 0 Å². The molecule has 1 N–H and O–H groups in total. The minimum atomic E-state index is 0.0420. The Morgan fingerprint density at radius 3 is 2.75 bits per heavy atom. The zero-order chi connectivity index (χ0) is 19.7. The molecule has 3 aromatic heterocycles. The number of nitrogens with zero attached hydrogens (tertiary/aromatic N) is 5. The van der Waals surface area contributed by atoms with Crippen molar-refractivity contribution in [2.45, 2.75) is 52.6 Å². The average Bonchev–Trinajstić information content (AvgIpc) is 3.43. The van der Waals surface area contributed by atoms with Crippen molar-refractivity contribution in [1.82, 2.24) is 29.9 Å². The van der Waals surface area contributed by atoms with Crippen LogP contribution >= 0.6 is 0 Å². The first-order valence-corrected chi connectivity index (χ1v) is 9.80. The fourth-order valence-electron chi connectivity index (χ4n) is 4.03. The Labute approximate surface area is 164 Å². The molecular weight excluding hydrogens is 352 g/mol. The second kappa shape index (κ2) is 7.58. The third-order valence-corrected chi connectivity index (χ3v) is 5.85. The molecule has 1 aliphatic rings. The number of rotatable bonds is 5. The fraction of sp³-hybridized carbons (Fsp3) is 0.429. The van der Waals surface area contributed by atoms with Gasteiger partial charge in [-0.25, -0.2) is 0 Å². The summed E-state index contributed by atoms with van der Waals surface area (Å²) >= 11 is 0. The topological polar surface area (TPSA) is 79.7 Å². The molecule has 146 valence electrons. The van der Waals surface area contributed by atoms with Gasteiger partial charge in [0.1, 0.15) is 0 Å². The molecule has 7 heteroatoms. The Balaban J connectivity index is 1.50. The first-order chi connectivity index (χ1) is 13.6. The normalized spacial score (nSPS) is 16.7. The van der Waals surface area contributed by atoms with E-state index in [0.717, 1.165) is 47.6 Å². The number of H-pyrrole nitrogens is 1. The third kappa shape index (κ3) is 3.32. The van der Waals surface area contributed by atoms with E-state index in [1.165, 1.54) is 5.56 Å². The number of carbonyl (C=O) groups excluding carboxylic acids is 1. The molecule has 1 fully saturated rings. The molecule has 0 spiro atoms. The summed E-state index contributed by atoms with van der Waals surface area (Å²) in [5.41, 5.74) is 6.49. The van der Waals surface area contributed by atoms with Gasteiger partial charge in [0.2, 0.25) is 5.91 Å². The highest BCUT2D eigenvalue weighted by molar-refractivity contribution is 5.77. The van der Waals surface area contributed by atoms with Crippen LogP contribution in [-0.4, -0.2) is 42.3 Å². The summed E-state index contributed by atoms with van der Waals surface area (Å²) in [7, 11) is 0. The van der Waals surface area contributed by atoms with Crippen molar-refractivity contribution in [2.75, 3.05) is 6.54 Å². The summed E-state index contributed by atoms with van der Waals surface area (Å²) in [6.07, 6.45) is 7.80.